The third-order valence-corrected chi connectivity index (χ3v) is 5.66. The maximum atomic E-state index is 13.1. The van der Waals surface area contributed by atoms with Gasteiger partial charge < -0.3 is 5.32 Å². The van der Waals surface area contributed by atoms with Crippen LogP contribution in [0.3, 0.4) is 0 Å². The number of carbonyl (C=O) groups excluding carboxylic acids is 1. The fourth-order valence-electron chi connectivity index (χ4n) is 3.23. The average molecular weight is 420 g/mol. The lowest BCUT2D eigenvalue weighted by atomic mass is 10.1. The van der Waals surface area contributed by atoms with Gasteiger partial charge in [0.2, 0.25) is 5.91 Å². The smallest absolute Gasteiger partial charge is 0.273 e. The van der Waals surface area contributed by atoms with E-state index in [-0.39, 0.29) is 18.0 Å². The highest BCUT2D eigenvalue weighted by atomic mass is 32.1. The van der Waals surface area contributed by atoms with Crippen LogP contribution in [0.4, 0.5) is 5.69 Å². The maximum absolute atomic E-state index is 13.1. The topological polar surface area (TPSA) is 89.8 Å². The van der Waals surface area contributed by atoms with E-state index in [0.717, 1.165) is 18.0 Å². The molecular weight excluding hydrogens is 398 g/mol. The van der Waals surface area contributed by atoms with Crippen LogP contribution in [0.5, 0.6) is 0 Å². The standard InChI is InChI=1S/C22H21N5O2S/c1-3-14-8-10-15(11-9-14)24-18(28)13-27-17(4-2)25-20-19(16-7-5-6-12-23-16)26-30-21(20)22(27)29/h5-12H,3-4,13H2,1-2H3,(H,24,28). The highest BCUT2D eigenvalue weighted by Crippen LogP contribution is 2.26. The van der Waals surface area contributed by atoms with Gasteiger partial charge in [0.1, 0.15) is 28.3 Å². The first-order chi connectivity index (χ1) is 14.6. The molecule has 0 bridgehead atoms. The number of rotatable bonds is 6. The van der Waals surface area contributed by atoms with Gasteiger partial charge in [-0.3, -0.25) is 19.1 Å². The summed E-state index contributed by atoms with van der Waals surface area (Å²) >= 11 is 1.09. The number of carbonyl (C=O) groups is 1. The van der Waals surface area contributed by atoms with Gasteiger partial charge in [-0.25, -0.2) is 4.98 Å². The Morgan fingerprint density at radius 2 is 1.90 bits per heavy atom. The van der Waals surface area contributed by atoms with E-state index in [4.69, 9.17) is 0 Å². The summed E-state index contributed by atoms with van der Waals surface area (Å²) in [5.74, 6) is 0.271. The molecule has 4 rings (SSSR count). The van der Waals surface area contributed by atoms with Gasteiger partial charge in [0, 0.05) is 18.3 Å². The van der Waals surface area contributed by atoms with Crippen molar-refractivity contribution in [2.24, 2.45) is 0 Å². The van der Waals surface area contributed by atoms with E-state index in [1.54, 1.807) is 6.20 Å². The number of aryl methyl sites for hydroxylation is 2. The first kappa shape index (κ1) is 19.9. The Morgan fingerprint density at radius 3 is 2.57 bits per heavy atom. The number of fused-ring (bicyclic) bond motifs is 1. The number of nitrogens with one attached hydrogen (secondary N) is 1. The third kappa shape index (κ3) is 3.86. The summed E-state index contributed by atoms with van der Waals surface area (Å²) in [6, 6.07) is 13.2. The summed E-state index contributed by atoms with van der Waals surface area (Å²) in [4.78, 5) is 34.7. The second kappa shape index (κ2) is 8.54. The van der Waals surface area contributed by atoms with E-state index in [9.17, 15) is 9.59 Å². The lowest BCUT2D eigenvalue weighted by molar-refractivity contribution is -0.116. The molecule has 0 aliphatic carbocycles. The van der Waals surface area contributed by atoms with Crippen molar-refractivity contribution in [1.82, 2.24) is 18.9 Å². The van der Waals surface area contributed by atoms with E-state index < -0.39 is 0 Å². The minimum absolute atomic E-state index is 0.0999. The van der Waals surface area contributed by atoms with Crippen LogP contribution in [0.25, 0.3) is 21.6 Å². The highest BCUT2D eigenvalue weighted by Gasteiger charge is 2.19. The molecule has 0 unspecified atom stereocenters. The Bertz CT molecular complexity index is 1250. The van der Waals surface area contributed by atoms with Gasteiger partial charge in [-0.1, -0.05) is 32.0 Å². The summed E-state index contributed by atoms with van der Waals surface area (Å²) in [6.45, 7) is 3.89. The van der Waals surface area contributed by atoms with Crippen molar-refractivity contribution in [2.75, 3.05) is 5.32 Å². The van der Waals surface area contributed by atoms with Crippen LogP contribution in [0, 0.1) is 0 Å². The lowest BCUT2D eigenvalue weighted by Crippen LogP contribution is -2.30. The molecule has 3 heterocycles. The number of anilines is 1. The molecule has 0 spiro atoms. The summed E-state index contributed by atoms with van der Waals surface area (Å²) in [7, 11) is 0. The van der Waals surface area contributed by atoms with Crippen LogP contribution in [0.2, 0.25) is 0 Å². The molecule has 1 N–H and O–H groups in total. The first-order valence-electron chi connectivity index (χ1n) is 9.80. The summed E-state index contributed by atoms with van der Waals surface area (Å²) in [5.41, 5.74) is 3.44. The van der Waals surface area contributed by atoms with Crippen molar-refractivity contribution in [2.45, 2.75) is 33.2 Å². The third-order valence-electron chi connectivity index (χ3n) is 4.83. The monoisotopic (exact) mass is 419 g/mol. The van der Waals surface area contributed by atoms with Gasteiger partial charge in [-0.15, -0.1) is 0 Å². The average Bonchev–Trinajstić information content (AvgIpc) is 3.21. The molecule has 4 aromatic rings. The van der Waals surface area contributed by atoms with Gasteiger partial charge in [0.15, 0.2) is 0 Å². The zero-order chi connectivity index (χ0) is 21.1. The van der Waals surface area contributed by atoms with Gasteiger partial charge in [0.25, 0.3) is 5.56 Å². The Kier molecular flexibility index (Phi) is 5.67. The molecule has 3 aromatic heterocycles. The SMILES string of the molecule is CCc1ccc(NC(=O)Cn2c(CC)nc3c(-c4ccccn4)nsc3c2=O)cc1. The van der Waals surface area contributed by atoms with Crippen molar-refractivity contribution in [3.63, 3.8) is 0 Å². The molecule has 1 aromatic carbocycles. The number of hydrogen-bond acceptors (Lipinski definition) is 6. The molecule has 0 saturated heterocycles. The van der Waals surface area contributed by atoms with Gasteiger partial charge in [-0.2, -0.15) is 4.37 Å². The van der Waals surface area contributed by atoms with E-state index in [0.29, 0.717) is 39.5 Å². The Morgan fingerprint density at radius 1 is 1.10 bits per heavy atom. The predicted molar refractivity (Wildman–Crippen MR) is 119 cm³/mol. The van der Waals surface area contributed by atoms with Crippen molar-refractivity contribution < 1.29 is 4.79 Å². The van der Waals surface area contributed by atoms with Crippen molar-refractivity contribution in [1.29, 1.82) is 0 Å². The van der Waals surface area contributed by atoms with Crippen LogP contribution < -0.4 is 10.9 Å². The zero-order valence-corrected chi connectivity index (χ0v) is 17.6. The number of amides is 1. The minimum atomic E-state index is -0.272. The molecule has 0 saturated carbocycles. The normalized spacial score (nSPS) is 11.0. The Balaban J connectivity index is 1.66. The van der Waals surface area contributed by atoms with Gasteiger partial charge in [-0.05, 0) is 47.8 Å². The predicted octanol–water partition coefficient (Wildman–Crippen LogP) is 3.68. The van der Waals surface area contributed by atoms with E-state index in [1.807, 2.05) is 49.4 Å². The zero-order valence-electron chi connectivity index (χ0n) is 16.8. The minimum Gasteiger partial charge on any atom is -0.325 e. The molecule has 0 aliphatic rings. The van der Waals surface area contributed by atoms with E-state index >= 15 is 0 Å². The fraction of sp³-hybridized carbons (Fsp3) is 0.227. The van der Waals surface area contributed by atoms with Crippen LogP contribution in [-0.4, -0.2) is 24.8 Å². The fourth-order valence-corrected chi connectivity index (χ4v) is 4.01. The first-order valence-corrected chi connectivity index (χ1v) is 10.6. The summed E-state index contributed by atoms with van der Waals surface area (Å²) in [6.07, 6.45) is 3.13. The Labute approximate surface area is 177 Å². The number of aromatic nitrogens is 4. The van der Waals surface area contributed by atoms with Crippen LogP contribution >= 0.6 is 11.5 Å². The quantitative estimate of drug-likeness (QED) is 0.515. The lowest BCUT2D eigenvalue weighted by Gasteiger charge is -2.12. The maximum Gasteiger partial charge on any atom is 0.273 e. The molecule has 0 atom stereocenters. The van der Waals surface area contributed by atoms with Crippen molar-refractivity contribution >= 4 is 33.3 Å². The van der Waals surface area contributed by atoms with Crippen LogP contribution in [0.1, 0.15) is 25.2 Å². The molecule has 0 aliphatic heterocycles. The number of benzene rings is 1. The summed E-state index contributed by atoms with van der Waals surface area (Å²) < 4.78 is 6.26. The second-order valence-corrected chi connectivity index (χ2v) is 7.57. The molecule has 152 valence electrons. The largest absolute Gasteiger partial charge is 0.325 e. The van der Waals surface area contributed by atoms with Crippen molar-refractivity contribution in [3.8, 4) is 11.4 Å². The number of nitrogens with zero attached hydrogens (tertiary/aromatic N) is 4. The van der Waals surface area contributed by atoms with Crippen LogP contribution in [0.15, 0.2) is 53.5 Å². The molecule has 1 amide bonds. The molecule has 7 nitrogen and oxygen atoms in total. The van der Waals surface area contributed by atoms with Gasteiger partial charge >= 0.3 is 0 Å². The Hall–Kier alpha value is -3.39. The highest BCUT2D eigenvalue weighted by molar-refractivity contribution is 7.13. The molecule has 0 radical (unpaired) electrons. The second-order valence-electron chi connectivity index (χ2n) is 6.80. The molecular formula is C22H21N5O2S. The molecule has 0 fully saturated rings. The number of pyridine rings is 1. The molecule has 30 heavy (non-hydrogen) atoms. The number of hydrogen-bond donors (Lipinski definition) is 1. The van der Waals surface area contributed by atoms with Crippen LogP contribution in [-0.2, 0) is 24.2 Å². The molecule has 8 heteroatoms. The van der Waals surface area contributed by atoms with Gasteiger partial charge in [0.05, 0.1) is 5.69 Å². The van der Waals surface area contributed by atoms with E-state index in [2.05, 4.69) is 26.6 Å². The van der Waals surface area contributed by atoms with E-state index in [1.165, 1.54) is 10.1 Å². The van der Waals surface area contributed by atoms with Crippen molar-refractivity contribution in [3.05, 3.63) is 70.4 Å². The summed E-state index contributed by atoms with van der Waals surface area (Å²) in [5, 5.41) is 2.85.